The first-order chi connectivity index (χ1) is 20.4. The van der Waals surface area contributed by atoms with Gasteiger partial charge in [-0.25, -0.2) is 0 Å². The van der Waals surface area contributed by atoms with E-state index in [0.29, 0.717) is 19.4 Å². The molecule has 0 heterocycles. The highest BCUT2D eigenvalue weighted by Crippen LogP contribution is 2.11. The van der Waals surface area contributed by atoms with Crippen LogP contribution in [0.25, 0.3) is 0 Å². The molecule has 0 aliphatic rings. The number of unbranched alkanes of at least 4 members (excludes halogenated alkanes) is 1. The number of phenols is 1. The van der Waals surface area contributed by atoms with E-state index in [-0.39, 0.29) is 63.3 Å². The van der Waals surface area contributed by atoms with Gasteiger partial charge in [-0.15, -0.1) is 0 Å². The molecule has 0 aliphatic carbocycles. The van der Waals surface area contributed by atoms with E-state index < -0.39 is 48.2 Å². The highest BCUT2D eigenvalue weighted by molar-refractivity contribution is 5.93. The van der Waals surface area contributed by atoms with Gasteiger partial charge in [-0.1, -0.05) is 12.1 Å². The summed E-state index contributed by atoms with van der Waals surface area (Å²) in [5, 5.41) is 26.8. The van der Waals surface area contributed by atoms with Crippen LogP contribution in [0.4, 0.5) is 0 Å². The van der Waals surface area contributed by atoms with Gasteiger partial charge in [-0.3, -0.25) is 24.0 Å². The molecule has 242 valence electrons. The number of benzene rings is 1. The van der Waals surface area contributed by atoms with E-state index in [1.54, 1.807) is 12.1 Å². The molecule has 0 radical (unpaired) electrons. The van der Waals surface area contributed by atoms with Gasteiger partial charge < -0.3 is 47.1 Å². The first kappa shape index (κ1) is 37.6. The Hall–Kier alpha value is -3.43. The summed E-state index contributed by atoms with van der Waals surface area (Å²) in [6, 6.07) is 3.96. The minimum Gasteiger partial charge on any atom is -0.508 e. The van der Waals surface area contributed by atoms with Gasteiger partial charge in [0.05, 0.1) is 50.5 Å². The second-order valence-electron chi connectivity index (χ2n) is 10.3. The summed E-state index contributed by atoms with van der Waals surface area (Å²) in [6.07, 6.45) is 1.95. The Morgan fingerprint density at radius 1 is 0.884 bits per heavy atom. The Labute approximate surface area is 252 Å². The molecule has 14 heteroatoms. The zero-order valence-electron chi connectivity index (χ0n) is 25.0. The summed E-state index contributed by atoms with van der Waals surface area (Å²) in [5.41, 5.74) is 12.3. The molecule has 0 fully saturated rings. The molecule has 0 unspecified atom stereocenters. The number of rotatable bonds is 23. The van der Waals surface area contributed by atoms with Gasteiger partial charge in [0.1, 0.15) is 18.1 Å². The van der Waals surface area contributed by atoms with Crippen LogP contribution in [-0.4, -0.2) is 104 Å². The molecule has 0 aromatic heterocycles. The van der Waals surface area contributed by atoms with E-state index in [2.05, 4.69) is 16.0 Å². The van der Waals surface area contributed by atoms with Crippen LogP contribution in [0.3, 0.4) is 0 Å². The van der Waals surface area contributed by atoms with Crippen molar-refractivity contribution in [1.82, 2.24) is 16.0 Å². The molecule has 43 heavy (non-hydrogen) atoms. The zero-order chi connectivity index (χ0) is 32.2. The monoisotopic (exact) mass is 609 g/mol. The van der Waals surface area contributed by atoms with Gasteiger partial charge in [0, 0.05) is 19.5 Å². The van der Waals surface area contributed by atoms with Crippen molar-refractivity contribution < 1.29 is 43.7 Å². The molecule has 1 rings (SSSR count). The summed E-state index contributed by atoms with van der Waals surface area (Å²) in [5.74, 6) is -2.72. The number of hydrogen-bond acceptors (Lipinski definition) is 11. The van der Waals surface area contributed by atoms with Crippen molar-refractivity contribution in [3.8, 4) is 5.75 Å². The first-order valence-electron chi connectivity index (χ1n) is 14.4. The maximum atomic E-state index is 12.6. The van der Waals surface area contributed by atoms with Crippen LogP contribution in [-0.2, 0) is 39.9 Å². The van der Waals surface area contributed by atoms with E-state index >= 15 is 0 Å². The van der Waals surface area contributed by atoms with E-state index in [1.807, 2.05) is 0 Å². The van der Waals surface area contributed by atoms with Crippen LogP contribution >= 0.6 is 0 Å². The molecule has 4 atom stereocenters. The highest BCUT2D eigenvalue weighted by Gasteiger charge is 2.26. The van der Waals surface area contributed by atoms with Crippen LogP contribution in [0.2, 0.25) is 0 Å². The maximum absolute atomic E-state index is 12.6. The number of aromatic hydroxyl groups is 1. The summed E-state index contributed by atoms with van der Waals surface area (Å²) >= 11 is 0. The lowest BCUT2D eigenvalue weighted by Gasteiger charge is -2.19. The van der Waals surface area contributed by atoms with E-state index in [0.717, 1.165) is 12.0 Å². The van der Waals surface area contributed by atoms with Crippen LogP contribution in [0.5, 0.6) is 5.75 Å². The van der Waals surface area contributed by atoms with Crippen molar-refractivity contribution in [3.05, 3.63) is 29.8 Å². The second kappa shape index (κ2) is 21.3. The molecule has 9 N–H and O–H groups in total. The van der Waals surface area contributed by atoms with Crippen LogP contribution < -0.4 is 27.4 Å². The number of nitrogens with two attached hydrogens (primary N) is 2. The first-order valence-corrected chi connectivity index (χ1v) is 14.4. The fraction of sp³-hybridized carbons (Fsp3) is 0.621. The molecular formula is C29H47N5O9. The SMILES string of the molecule is CC(=O)[C@@H](N)CCCCNC(=O)COCCOCCNC(=O)[C@H](CO)CC(=O)[C@@H](C)NC(=O)[C@@H](N)Cc1ccc(O)cc1. The molecule has 1 aromatic carbocycles. The standard InChI is InChI=1S/C29H47N5O9/c1-19(34-29(41)25(31)15-21-6-8-23(37)9-7-21)26(38)16-22(17-35)28(40)33-11-12-42-13-14-43-18-27(39)32-10-4-3-5-24(30)20(2)36/h6-9,19,22,24-25,35,37H,3-5,10-18,30-31H2,1-2H3,(H,32,39)(H,33,40)(H,34,41)/t19-,22+,24+,25+/m1/s1. The Morgan fingerprint density at radius 2 is 1.56 bits per heavy atom. The number of carbonyl (C=O) groups is 5. The number of hydrogen-bond donors (Lipinski definition) is 7. The number of ether oxygens (including phenoxy) is 2. The minimum atomic E-state index is -0.995. The van der Waals surface area contributed by atoms with Crippen molar-refractivity contribution in [2.24, 2.45) is 17.4 Å². The zero-order valence-corrected chi connectivity index (χ0v) is 25.0. The van der Waals surface area contributed by atoms with E-state index in [4.69, 9.17) is 20.9 Å². The van der Waals surface area contributed by atoms with Crippen molar-refractivity contribution in [3.63, 3.8) is 0 Å². The molecule has 1 aromatic rings. The lowest BCUT2D eigenvalue weighted by atomic mass is 9.98. The summed E-state index contributed by atoms with van der Waals surface area (Å²) in [4.78, 5) is 60.2. The van der Waals surface area contributed by atoms with Crippen molar-refractivity contribution in [2.45, 2.75) is 64.1 Å². The molecule has 0 saturated heterocycles. The lowest BCUT2D eigenvalue weighted by molar-refractivity contribution is -0.132. The van der Waals surface area contributed by atoms with Gasteiger partial charge in [-0.2, -0.15) is 0 Å². The fourth-order valence-corrected chi connectivity index (χ4v) is 3.79. The number of carbonyl (C=O) groups excluding carboxylic acids is 5. The lowest BCUT2D eigenvalue weighted by Crippen LogP contribution is -2.48. The van der Waals surface area contributed by atoms with E-state index in [1.165, 1.54) is 26.0 Å². The average Bonchev–Trinajstić information content (AvgIpc) is 2.97. The number of Topliss-reactive ketones (excluding diaryl/α,β-unsaturated/α-hetero) is 2. The molecule has 0 spiro atoms. The third-order valence-corrected chi connectivity index (χ3v) is 6.55. The van der Waals surface area contributed by atoms with Gasteiger partial charge in [0.2, 0.25) is 17.7 Å². The van der Waals surface area contributed by atoms with Gasteiger partial charge >= 0.3 is 0 Å². The molecular weight excluding hydrogens is 562 g/mol. The molecule has 0 bridgehead atoms. The molecule has 0 aliphatic heterocycles. The number of amides is 3. The molecule has 3 amide bonds. The van der Waals surface area contributed by atoms with Crippen LogP contribution in [0.15, 0.2) is 24.3 Å². The fourth-order valence-electron chi connectivity index (χ4n) is 3.79. The van der Waals surface area contributed by atoms with Crippen molar-refractivity contribution in [2.75, 3.05) is 46.1 Å². The number of ketones is 2. The van der Waals surface area contributed by atoms with Gasteiger partial charge in [-0.05, 0) is 57.2 Å². The third-order valence-electron chi connectivity index (χ3n) is 6.55. The normalized spacial score (nSPS) is 13.8. The number of aliphatic hydroxyl groups excluding tert-OH is 1. The Morgan fingerprint density at radius 3 is 2.21 bits per heavy atom. The third kappa shape index (κ3) is 16.7. The van der Waals surface area contributed by atoms with Gasteiger partial charge in [0.25, 0.3) is 0 Å². The Bertz CT molecular complexity index is 1020. The summed E-state index contributed by atoms with van der Waals surface area (Å²) in [6.45, 7) is 3.38. The average molecular weight is 610 g/mol. The topological polar surface area (TPSA) is 232 Å². The predicted octanol–water partition coefficient (Wildman–Crippen LogP) is -1.31. The second-order valence-corrected chi connectivity index (χ2v) is 10.3. The van der Waals surface area contributed by atoms with E-state index in [9.17, 15) is 34.2 Å². The minimum absolute atomic E-state index is 0.0526. The number of aliphatic hydroxyl groups is 1. The van der Waals surface area contributed by atoms with Crippen molar-refractivity contribution in [1.29, 1.82) is 0 Å². The molecule has 0 saturated carbocycles. The highest BCUT2D eigenvalue weighted by atomic mass is 16.5. The number of phenolic OH excluding ortho intramolecular Hbond substituents is 1. The largest absolute Gasteiger partial charge is 0.508 e. The number of nitrogens with one attached hydrogen (secondary N) is 3. The Kier molecular flexibility index (Phi) is 18.6. The maximum Gasteiger partial charge on any atom is 0.245 e. The molecule has 14 nitrogen and oxygen atoms in total. The quantitative estimate of drug-likeness (QED) is 0.0720. The van der Waals surface area contributed by atoms with Crippen molar-refractivity contribution >= 4 is 29.3 Å². The smallest absolute Gasteiger partial charge is 0.245 e. The van der Waals surface area contributed by atoms with Gasteiger partial charge in [0.15, 0.2) is 5.78 Å². The van der Waals surface area contributed by atoms with Crippen LogP contribution in [0.1, 0.15) is 45.1 Å². The van der Waals surface area contributed by atoms with Crippen LogP contribution in [0, 0.1) is 5.92 Å². The predicted molar refractivity (Wildman–Crippen MR) is 158 cm³/mol. The summed E-state index contributed by atoms with van der Waals surface area (Å²) in [7, 11) is 0. The summed E-state index contributed by atoms with van der Waals surface area (Å²) < 4.78 is 10.6. The Balaban J connectivity index is 2.17.